The number of anilines is 5. The molecule has 0 spiro atoms. The molecule has 1 N–H and O–H groups in total. The highest BCUT2D eigenvalue weighted by molar-refractivity contribution is 5.77. The number of benzene rings is 1. The Kier molecular flexibility index (Phi) is 6.28. The standard InChI is InChI=1S/C25H31N9O3/c1-25(2)14-33(18-7-6-9-26-22(18)25)24-28-15-27-23(30-24)29-17-11-20(34(35)36)19(12-21(17)37-5)32-10-8-16(13-32)31(3)4/h6-7,9,11-12,15-16H,8,10,13-14H2,1-5H3,(H,27,28,29,30). The van der Waals surface area contributed by atoms with E-state index >= 15 is 0 Å². The normalized spacial score (nSPS) is 18.3. The van der Waals surface area contributed by atoms with Crippen molar-refractivity contribution in [1.82, 2.24) is 24.8 Å². The Morgan fingerprint density at radius 2 is 2.03 bits per heavy atom. The summed E-state index contributed by atoms with van der Waals surface area (Å²) in [5.74, 6) is 1.19. The van der Waals surface area contributed by atoms with Gasteiger partial charge in [0.1, 0.15) is 17.8 Å². The van der Waals surface area contributed by atoms with Gasteiger partial charge in [0.15, 0.2) is 0 Å². The Morgan fingerprint density at radius 1 is 1.22 bits per heavy atom. The molecule has 194 valence electrons. The van der Waals surface area contributed by atoms with Crippen LogP contribution in [0, 0.1) is 10.1 Å². The van der Waals surface area contributed by atoms with Crippen molar-refractivity contribution in [3.8, 4) is 5.75 Å². The highest BCUT2D eigenvalue weighted by Crippen LogP contribution is 2.43. The zero-order valence-corrected chi connectivity index (χ0v) is 21.7. The third kappa shape index (κ3) is 4.59. The first kappa shape index (κ1) is 24.6. The number of hydrogen-bond donors (Lipinski definition) is 1. The van der Waals surface area contributed by atoms with Crippen LogP contribution >= 0.6 is 0 Å². The first-order chi connectivity index (χ1) is 17.7. The Balaban J connectivity index is 1.46. The van der Waals surface area contributed by atoms with E-state index < -0.39 is 0 Å². The summed E-state index contributed by atoms with van der Waals surface area (Å²) in [7, 11) is 5.59. The van der Waals surface area contributed by atoms with Crippen LogP contribution in [0.15, 0.2) is 36.8 Å². The Labute approximate surface area is 215 Å². The molecule has 1 saturated heterocycles. The lowest BCUT2D eigenvalue weighted by atomic mass is 9.91. The van der Waals surface area contributed by atoms with Gasteiger partial charge in [0.2, 0.25) is 11.9 Å². The summed E-state index contributed by atoms with van der Waals surface area (Å²) in [4.78, 5) is 35.7. The van der Waals surface area contributed by atoms with Crippen molar-refractivity contribution in [2.75, 3.05) is 56.0 Å². The van der Waals surface area contributed by atoms with E-state index in [-0.39, 0.29) is 22.0 Å². The highest BCUT2D eigenvalue weighted by atomic mass is 16.6. The quantitative estimate of drug-likeness (QED) is 0.374. The molecule has 1 unspecified atom stereocenters. The summed E-state index contributed by atoms with van der Waals surface area (Å²) in [5, 5.41) is 15.2. The van der Waals surface area contributed by atoms with Crippen molar-refractivity contribution in [1.29, 1.82) is 0 Å². The minimum atomic E-state index is -0.363. The van der Waals surface area contributed by atoms with Crippen LogP contribution in [0.3, 0.4) is 0 Å². The maximum absolute atomic E-state index is 12.1. The van der Waals surface area contributed by atoms with Gasteiger partial charge in [-0.3, -0.25) is 15.1 Å². The van der Waals surface area contributed by atoms with E-state index in [0.29, 0.717) is 42.2 Å². The smallest absolute Gasteiger partial charge is 0.294 e. The summed E-state index contributed by atoms with van der Waals surface area (Å²) in [6.45, 7) is 6.37. The van der Waals surface area contributed by atoms with E-state index in [1.54, 1.807) is 12.3 Å². The van der Waals surface area contributed by atoms with E-state index in [1.807, 2.05) is 36.0 Å². The fraction of sp³-hybridized carbons (Fsp3) is 0.440. The zero-order valence-electron chi connectivity index (χ0n) is 21.7. The molecule has 2 aliphatic rings. The van der Waals surface area contributed by atoms with Gasteiger partial charge in [-0.1, -0.05) is 13.8 Å². The summed E-state index contributed by atoms with van der Waals surface area (Å²) in [6.07, 6.45) is 4.15. The Bertz CT molecular complexity index is 1330. The van der Waals surface area contributed by atoms with E-state index in [0.717, 1.165) is 24.3 Å². The molecule has 1 aromatic carbocycles. The molecule has 0 bridgehead atoms. The van der Waals surface area contributed by atoms with Crippen LogP contribution < -0.4 is 19.9 Å². The highest BCUT2D eigenvalue weighted by Gasteiger charge is 2.38. The summed E-state index contributed by atoms with van der Waals surface area (Å²) in [6, 6.07) is 7.42. The number of nitrogens with zero attached hydrogens (tertiary/aromatic N) is 8. The van der Waals surface area contributed by atoms with E-state index in [2.05, 4.69) is 44.0 Å². The van der Waals surface area contributed by atoms with E-state index in [4.69, 9.17) is 4.74 Å². The Morgan fingerprint density at radius 3 is 2.73 bits per heavy atom. The number of fused-ring (bicyclic) bond motifs is 1. The Hall–Kier alpha value is -4.06. The van der Waals surface area contributed by atoms with Crippen LogP contribution in [0.1, 0.15) is 26.0 Å². The van der Waals surface area contributed by atoms with Gasteiger partial charge in [-0.2, -0.15) is 4.98 Å². The lowest BCUT2D eigenvalue weighted by Gasteiger charge is -2.23. The number of nitro groups is 1. The molecule has 0 radical (unpaired) electrons. The van der Waals surface area contributed by atoms with Crippen molar-refractivity contribution in [2.24, 2.45) is 0 Å². The van der Waals surface area contributed by atoms with E-state index in [1.165, 1.54) is 19.5 Å². The first-order valence-electron chi connectivity index (χ1n) is 12.1. The number of likely N-dealkylation sites (N-methyl/N-ethyl adjacent to an activating group) is 1. The van der Waals surface area contributed by atoms with Crippen molar-refractivity contribution < 1.29 is 9.66 Å². The summed E-state index contributed by atoms with van der Waals surface area (Å²) < 4.78 is 5.62. The number of pyridine rings is 1. The molecule has 2 aliphatic heterocycles. The predicted molar refractivity (Wildman–Crippen MR) is 141 cm³/mol. The molecule has 1 fully saturated rings. The van der Waals surface area contributed by atoms with Crippen LogP contribution in [0.4, 0.5) is 34.6 Å². The molecule has 3 aromatic rings. The molecule has 12 heteroatoms. The third-order valence-corrected chi connectivity index (χ3v) is 7.05. The number of ether oxygens (including phenoxy) is 1. The van der Waals surface area contributed by atoms with Crippen molar-refractivity contribution >= 4 is 34.6 Å². The maximum atomic E-state index is 12.1. The van der Waals surface area contributed by atoms with Crippen LogP contribution in [-0.4, -0.2) is 76.6 Å². The van der Waals surface area contributed by atoms with Gasteiger partial charge in [-0.05, 0) is 32.6 Å². The number of rotatable bonds is 7. The van der Waals surface area contributed by atoms with Crippen molar-refractivity contribution in [3.63, 3.8) is 0 Å². The van der Waals surface area contributed by atoms with Gasteiger partial charge in [0, 0.05) is 49.4 Å². The second-order valence-electron chi connectivity index (χ2n) is 10.2. The summed E-state index contributed by atoms with van der Waals surface area (Å²) >= 11 is 0. The van der Waals surface area contributed by atoms with Crippen molar-refractivity contribution in [3.05, 3.63) is 52.6 Å². The van der Waals surface area contributed by atoms with Crippen LogP contribution in [-0.2, 0) is 5.41 Å². The minimum Gasteiger partial charge on any atom is -0.494 e. The molecule has 0 saturated carbocycles. The van der Waals surface area contributed by atoms with Crippen LogP contribution in [0.5, 0.6) is 5.75 Å². The van der Waals surface area contributed by atoms with Gasteiger partial charge in [-0.25, -0.2) is 9.97 Å². The average Bonchev–Trinajstić information content (AvgIpc) is 3.47. The number of aromatic nitrogens is 4. The van der Waals surface area contributed by atoms with Gasteiger partial charge in [0.05, 0.1) is 29.1 Å². The fourth-order valence-electron chi connectivity index (χ4n) is 5.07. The van der Waals surface area contributed by atoms with Crippen LogP contribution in [0.2, 0.25) is 0 Å². The second kappa shape index (κ2) is 9.43. The molecule has 2 aromatic heterocycles. The molecule has 4 heterocycles. The van der Waals surface area contributed by atoms with Crippen LogP contribution in [0.25, 0.3) is 0 Å². The van der Waals surface area contributed by atoms with Gasteiger partial charge >= 0.3 is 0 Å². The number of nitro benzene ring substituents is 1. The zero-order chi connectivity index (χ0) is 26.3. The fourth-order valence-corrected chi connectivity index (χ4v) is 5.07. The SMILES string of the molecule is COc1cc(N2CCC(N(C)C)C2)c([N+](=O)[O-])cc1Nc1ncnc(N2CC(C)(C)c3ncccc32)n1. The monoisotopic (exact) mass is 505 g/mol. The first-order valence-corrected chi connectivity index (χ1v) is 12.1. The number of nitrogens with one attached hydrogen (secondary N) is 1. The molecular weight excluding hydrogens is 474 g/mol. The molecule has 12 nitrogen and oxygen atoms in total. The predicted octanol–water partition coefficient (Wildman–Crippen LogP) is 3.50. The maximum Gasteiger partial charge on any atom is 0.294 e. The number of methoxy groups -OCH3 is 1. The average molecular weight is 506 g/mol. The minimum absolute atomic E-state index is 0.00159. The third-order valence-electron chi connectivity index (χ3n) is 7.05. The largest absolute Gasteiger partial charge is 0.494 e. The van der Waals surface area contributed by atoms with Gasteiger partial charge in [0.25, 0.3) is 5.69 Å². The molecular formula is C25H31N9O3. The lowest BCUT2D eigenvalue weighted by Crippen LogP contribution is -2.31. The molecule has 37 heavy (non-hydrogen) atoms. The van der Waals surface area contributed by atoms with Gasteiger partial charge in [-0.15, -0.1) is 0 Å². The second-order valence-corrected chi connectivity index (χ2v) is 10.2. The summed E-state index contributed by atoms with van der Waals surface area (Å²) in [5.41, 5.74) is 2.70. The lowest BCUT2D eigenvalue weighted by molar-refractivity contribution is -0.384. The van der Waals surface area contributed by atoms with Crippen molar-refractivity contribution in [2.45, 2.75) is 31.7 Å². The molecule has 0 aliphatic carbocycles. The molecule has 5 rings (SSSR count). The molecule has 0 amide bonds. The van der Waals surface area contributed by atoms with Gasteiger partial charge < -0.3 is 24.8 Å². The number of hydrogen-bond acceptors (Lipinski definition) is 11. The topological polar surface area (TPSA) is 126 Å². The van der Waals surface area contributed by atoms with E-state index in [9.17, 15) is 10.1 Å². The molecule has 1 atom stereocenters.